The molecule has 2 aromatic rings. The number of thiazole rings is 1. The zero-order valence-corrected chi connectivity index (χ0v) is 10.9. The summed E-state index contributed by atoms with van der Waals surface area (Å²) in [6, 6.07) is 0. The molecule has 0 aromatic carbocycles. The van der Waals surface area contributed by atoms with Crippen LogP contribution in [0.5, 0.6) is 0 Å². The summed E-state index contributed by atoms with van der Waals surface area (Å²) in [5.74, 6) is 0. The number of carbonyl (C=O) groups excluding carboxylic acids is 1. The Labute approximate surface area is 104 Å². The highest BCUT2D eigenvalue weighted by Gasteiger charge is 2.11. The molecule has 0 radical (unpaired) electrons. The van der Waals surface area contributed by atoms with Gasteiger partial charge in [-0.2, -0.15) is 5.10 Å². The molecule has 0 amide bonds. The van der Waals surface area contributed by atoms with E-state index in [4.69, 9.17) is 0 Å². The Morgan fingerprint density at radius 1 is 1.59 bits per heavy atom. The molecule has 17 heavy (non-hydrogen) atoms. The molecule has 0 fully saturated rings. The first-order valence-corrected chi connectivity index (χ1v) is 6.03. The van der Waals surface area contributed by atoms with E-state index >= 15 is 0 Å². The topological polar surface area (TPSA) is 51.0 Å². The Bertz CT molecular complexity index is 531. The summed E-state index contributed by atoms with van der Waals surface area (Å²) in [5, 5.41) is 4.97. The smallest absolute Gasteiger partial charge is 0.186 e. The quantitative estimate of drug-likeness (QED) is 0.774. The molecule has 0 aliphatic carbocycles. The summed E-state index contributed by atoms with van der Waals surface area (Å²) in [6.45, 7) is 2.58. The van der Waals surface area contributed by atoms with E-state index in [1.165, 1.54) is 11.3 Å². The zero-order valence-electron chi connectivity index (χ0n) is 10.0. The minimum Gasteiger partial charge on any atom is -0.347 e. The second kappa shape index (κ2) is 4.67. The van der Waals surface area contributed by atoms with Gasteiger partial charge in [0.05, 0.1) is 16.8 Å². The Kier molecular flexibility index (Phi) is 3.23. The Morgan fingerprint density at radius 2 is 2.35 bits per heavy atom. The van der Waals surface area contributed by atoms with Crippen molar-refractivity contribution in [1.29, 1.82) is 0 Å². The van der Waals surface area contributed by atoms with Gasteiger partial charge in [0.25, 0.3) is 0 Å². The van der Waals surface area contributed by atoms with Gasteiger partial charge in [0.15, 0.2) is 11.4 Å². The first kappa shape index (κ1) is 11.8. The van der Waals surface area contributed by atoms with Gasteiger partial charge >= 0.3 is 0 Å². The normalized spacial score (nSPS) is 10.5. The number of nitrogens with zero attached hydrogens (tertiary/aromatic N) is 4. The third-order valence-corrected chi connectivity index (χ3v) is 3.63. The van der Waals surface area contributed by atoms with Gasteiger partial charge in [-0.15, -0.1) is 0 Å². The fourth-order valence-electron chi connectivity index (χ4n) is 1.56. The SMILES string of the molecule is Cc1nc(N(C)Cc2cnn(C)c2)sc1C=O. The maximum Gasteiger partial charge on any atom is 0.186 e. The van der Waals surface area contributed by atoms with Gasteiger partial charge < -0.3 is 4.90 Å². The van der Waals surface area contributed by atoms with Crippen LogP contribution >= 0.6 is 11.3 Å². The van der Waals surface area contributed by atoms with Crippen LogP contribution in [0.2, 0.25) is 0 Å². The fourth-order valence-corrected chi connectivity index (χ4v) is 2.40. The van der Waals surface area contributed by atoms with Gasteiger partial charge in [0, 0.05) is 32.4 Å². The van der Waals surface area contributed by atoms with E-state index < -0.39 is 0 Å². The van der Waals surface area contributed by atoms with Crippen molar-refractivity contribution in [3.8, 4) is 0 Å². The molecule has 0 N–H and O–H groups in total. The second-order valence-corrected chi connectivity index (χ2v) is 4.95. The van der Waals surface area contributed by atoms with Crippen LogP contribution in [0.4, 0.5) is 5.13 Å². The Hall–Kier alpha value is -1.69. The summed E-state index contributed by atoms with van der Waals surface area (Å²) >= 11 is 1.41. The predicted octanol–water partition coefficient (Wildman–Crippen LogP) is 1.63. The lowest BCUT2D eigenvalue weighted by Crippen LogP contribution is -2.15. The third kappa shape index (κ3) is 2.52. The molecule has 2 aromatic heterocycles. The van der Waals surface area contributed by atoms with Gasteiger partial charge in [-0.1, -0.05) is 11.3 Å². The molecule has 0 aliphatic heterocycles. The maximum absolute atomic E-state index is 10.8. The molecule has 90 valence electrons. The number of hydrogen-bond donors (Lipinski definition) is 0. The Balaban J connectivity index is 2.13. The fraction of sp³-hybridized carbons (Fsp3) is 0.364. The molecule has 0 bridgehead atoms. The van der Waals surface area contributed by atoms with Crippen molar-refractivity contribution < 1.29 is 4.79 Å². The van der Waals surface area contributed by atoms with E-state index in [9.17, 15) is 4.79 Å². The van der Waals surface area contributed by atoms with Crippen molar-refractivity contribution in [2.24, 2.45) is 7.05 Å². The molecule has 0 saturated heterocycles. The summed E-state index contributed by atoms with van der Waals surface area (Å²) in [5.41, 5.74) is 1.91. The van der Waals surface area contributed by atoms with E-state index in [0.717, 1.165) is 29.2 Å². The summed E-state index contributed by atoms with van der Waals surface area (Å²) in [7, 11) is 3.85. The largest absolute Gasteiger partial charge is 0.347 e. The number of anilines is 1. The average molecular weight is 250 g/mol. The predicted molar refractivity (Wildman–Crippen MR) is 67.6 cm³/mol. The molecule has 5 nitrogen and oxygen atoms in total. The lowest BCUT2D eigenvalue weighted by molar-refractivity contribution is 0.112. The van der Waals surface area contributed by atoms with Crippen molar-refractivity contribution in [1.82, 2.24) is 14.8 Å². The highest BCUT2D eigenvalue weighted by Crippen LogP contribution is 2.24. The highest BCUT2D eigenvalue weighted by atomic mass is 32.1. The number of hydrogen-bond acceptors (Lipinski definition) is 5. The molecule has 0 aliphatic rings. The minimum atomic E-state index is 0.693. The Morgan fingerprint density at radius 3 is 2.88 bits per heavy atom. The van der Waals surface area contributed by atoms with E-state index in [1.54, 1.807) is 4.68 Å². The van der Waals surface area contributed by atoms with Gasteiger partial charge in [0.1, 0.15) is 0 Å². The first-order chi connectivity index (χ1) is 8.10. The monoisotopic (exact) mass is 250 g/mol. The molecule has 6 heteroatoms. The van der Waals surface area contributed by atoms with Crippen LogP contribution in [-0.2, 0) is 13.6 Å². The summed E-state index contributed by atoms with van der Waals surface area (Å²) in [6.07, 6.45) is 4.66. The van der Waals surface area contributed by atoms with Crippen molar-refractivity contribution >= 4 is 22.8 Å². The molecule has 0 spiro atoms. The number of aromatic nitrogens is 3. The molecule has 2 rings (SSSR count). The van der Waals surface area contributed by atoms with Crippen molar-refractivity contribution in [2.45, 2.75) is 13.5 Å². The van der Waals surface area contributed by atoms with E-state index in [1.807, 2.05) is 38.3 Å². The second-order valence-electron chi connectivity index (χ2n) is 3.94. The number of carbonyl (C=O) groups is 1. The number of aryl methyl sites for hydroxylation is 2. The van der Waals surface area contributed by atoms with Crippen LogP contribution in [0.3, 0.4) is 0 Å². The van der Waals surface area contributed by atoms with E-state index in [-0.39, 0.29) is 0 Å². The molecule has 0 saturated carbocycles. The summed E-state index contributed by atoms with van der Waals surface area (Å²) in [4.78, 5) is 17.8. The van der Waals surface area contributed by atoms with Gasteiger partial charge in [0.2, 0.25) is 0 Å². The lowest BCUT2D eigenvalue weighted by atomic mass is 10.3. The number of rotatable bonds is 4. The first-order valence-electron chi connectivity index (χ1n) is 5.21. The molecule has 2 heterocycles. The van der Waals surface area contributed by atoms with Crippen LogP contribution in [0.1, 0.15) is 20.9 Å². The molecule has 0 atom stereocenters. The van der Waals surface area contributed by atoms with Crippen molar-refractivity contribution in [3.63, 3.8) is 0 Å². The molecular weight excluding hydrogens is 236 g/mol. The standard InChI is InChI=1S/C11H14N4OS/c1-8-10(7-16)17-11(13-8)14(2)5-9-4-12-15(3)6-9/h4,6-7H,5H2,1-3H3. The van der Waals surface area contributed by atoms with E-state index in [0.29, 0.717) is 4.88 Å². The lowest BCUT2D eigenvalue weighted by Gasteiger charge is -2.13. The van der Waals surface area contributed by atoms with Crippen LogP contribution < -0.4 is 4.90 Å². The van der Waals surface area contributed by atoms with Gasteiger partial charge in [-0.25, -0.2) is 4.98 Å². The van der Waals surface area contributed by atoms with Crippen molar-refractivity contribution in [2.75, 3.05) is 11.9 Å². The van der Waals surface area contributed by atoms with Crippen LogP contribution in [0.15, 0.2) is 12.4 Å². The van der Waals surface area contributed by atoms with Crippen LogP contribution in [0.25, 0.3) is 0 Å². The van der Waals surface area contributed by atoms with Crippen LogP contribution in [-0.4, -0.2) is 28.1 Å². The maximum atomic E-state index is 10.8. The van der Waals surface area contributed by atoms with Crippen LogP contribution in [0, 0.1) is 6.92 Å². The van der Waals surface area contributed by atoms with Gasteiger partial charge in [-0.3, -0.25) is 9.48 Å². The molecular formula is C11H14N4OS. The molecule has 0 unspecified atom stereocenters. The van der Waals surface area contributed by atoms with E-state index in [2.05, 4.69) is 10.1 Å². The minimum absolute atomic E-state index is 0.693. The average Bonchev–Trinajstić information content (AvgIpc) is 2.85. The summed E-state index contributed by atoms with van der Waals surface area (Å²) < 4.78 is 1.77. The highest BCUT2D eigenvalue weighted by molar-refractivity contribution is 7.17. The number of aldehydes is 1. The van der Waals surface area contributed by atoms with Crippen molar-refractivity contribution in [3.05, 3.63) is 28.5 Å². The third-order valence-electron chi connectivity index (χ3n) is 2.43. The zero-order chi connectivity index (χ0) is 12.4. The van der Waals surface area contributed by atoms with Gasteiger partial charge in [-0.05, 0) is 6.92 Å².